The van der Waals surface area contributed by atoms with Gasteiger partial charge in [-0.05, 0) is 87.5 Å². The fourth-order valence-corrected chi connectivity index (χ4v) is 6.49. The van der Waals surface area contributed by atoms with Crippen molar-refractivity contribution in [2.75, 3.05) is 0 Å². The zero-order valence-corrected chi connectivity index (χ0v) is 19.9. The first-order chi connectivity index (χ1) is 14.8. The van der Waals surface area contributed by atoms with Gasteiger partial charge in [-0.25, -0.2) is 0 Å². The van der Waals surface area contributed by atoms with Crippen LogP contribution < -0.4 is 0 Å². The normalized spacial score (nSPS) is 31.6. The maximum Gasteiger partial charge on any atom is 0.429 e. The number of hydrogen-bond donors (Lipinski definition) is 3. The summed E-state index contributed by atoms with van der Waals surface area (Å²) in [6.45, 7) is 7.27. The number of aliphatic hydroxyl groups excluding tert-OH is 1. The number of halogens is 6. The first kappa shape index (κ1) is 28.4. The van der Waals surface area contributed by atoms with Gasteiger partial charge in [0.1, 0.15) is 0 Å². The van der Waals surface area contributed by atoms with Gasteiger partial charge >= 0.3 is 12.4 Å². The highest BCUT2D eigenvalue weighted by Crippen LogP contribution is 2.62. The highest BCUT2D eigenvalue weighted by atomic mass is 19.4. The van der Waals surface area contributed by atoms with Crippen molar-refractivity contribution < 1.29 is 41.7 Å². The molecule has 33 heavy (non-hydrogen) atoms. The molecule has 3 N–H and O–H groups in total. The van der Waals surface area contributed by atoms with E-state index in [0.717, 1.165) is 31.8 Å². The van der Waals surface area contributed by atoms with Crippen LogP contribution in [0, 0.1) is 22.7 Å². The van der Waals surface area contributed by atoms with Crippen molar-refractivity contribution in [2.45, 2.75) is 115 Å². The third-order valence-corrected chi connectivity index (χ3v) is 8.27. The molecule has 0 saturated heterocycles. The van der Waals surface area contributed by atoms with Crippen LogP contribution in [0.1, 0.15) is 85.5 Å². The van der Waals surface area contributed by atoms with Gasteiger partial charge in [-0.15, -0.1) is 0 Å². The minimum absolute atomic E-state index is 0.0127. The molecule has 9 heteroatoms. The minimum Gasteiger partial charge on any atom is -0.393 e. The van der Waals surface area contributed by atoms with E-state index < -0.39 is 35.1 Å². The fourth-order valence-electron chi connectivity index (χ4n) is 6.49. The molecule has 0 bridgehead atoms. The van der Waals surface area contributed by atoms with Crippen molar-refractivity contribution in [1.29, 1.82) is 0 Å². The molecular weight excluding hydrogens is 450 g/mol. The molecule has 3 nitrogen and oxygen atoms in total. The quantitative estimate of drug-likeness (QED) is 0.277. The molecule has 0 spiro atoms. The topological polar surface area (TPSA) is 60.7 Å². The van der Waals surface area contributed by atoms with E-state index in [1.54, 1.807) is 13.8 Å². The van der Waals surface area contributed by atoms with Crippen LogP contribution in [-0.2, 0) is 0 Å². The number of aliphatic hydroxyl groups is 3. The van der Waals surface area contributed by atoms with Crippen LogP contribution in [0.5, 0.6) is 0 Å². The standard InChI is InChI=1S/C24H38F6O3/c1-19(2,32)11-6-12-20(3,13-7-15-22(33,23(25,26)27)24(28,29)30)18-10-9-16-17(31)8-5-14-21(16,18)4/h7,15-18,31-33H,5-6,8-14H2,1-4H3/b15-7-/t16?,17-,18?,20?,21-/m0/s1. The average molecular weight is 489 g/mol. The molecular formula is C24H38F6O3. The van der Waals surface area contributed by atoms with E-state index >= 15 is 0 Å². The summed E-state index contributed by atoms with van der Waals surface area (Å²) in [6, 6.07) is 0. The lowest BCUT2D eigenvalue weighted by Gasteiger charge is -2.50. The molecule has 0 heterocycles. The van der Waals surface area contributed by atoms with E-state index in [2.05, 4.69) is 6.92 Å². The lowest BCUT2D eigenvalue weighted by atomic mass is 9.56. The van der Waals surface area contributed by atoms with E-state index in [1.165, 1.54) is 0 Å². The molecule has 2 saturated carbocycles. The molecule has 0 aliphatic heterocycles. The van der Waals surface area contributed by atoms with Crippen LogP contribution in [-0.4, -0.2) is 45.0 Å². The van der Waals surface area contributed by atoms with Crippen LogP contribution in [0.15, 0.2) is 12.2 Å². The summed E-state index contributed by atoms with van der Waals surface area (Å²) < 4.78 is 78.6. The first-order valence-electron chi connectivity index (χ1n) is 11.7. The molecule has 5 atom stereocenters. The fraction of sp³-hybridized carbons (Fsp3) is 0.917. The Kier molecular flexibility index (Phi) is 8.05. The number of rotatable bonds is 8. The smallest absolute Gasteiger partial charge is 0.393 e. The SMILES string of the molecule is CC(C)(O)CCCC(C)(C/C=C\C(O)(C(F)(F)F)C(F)(F)F)C1CCC2[C@@H](O)CCC[C@@]21C. The molecule has 0 aromatic heterocycles. The van der Waals surface area contributed by atoms with E-state index in [9.17, 15) is 41.7 Å². The van der Waals surface area contributed by atoms with Crippen molar-refractivity contribution in [1.82, 2.24) is 0 Å². The molecule has 2 aliphatic carbocycles. The Balaban J connectivity index is 2.35. The predicted octanol–water partition coefficient (Wildman–Crippen LogP) is 6.31. The van der Waals surface area contributed by atoms with Crippen LogP contribution in [0.25, 0.3) is 0 Å². The average Bonchev–Trinajstić information content (AvgIpc) is 2.97. The molecule has 0 radical (unpaired) electrons. The van der Waals surface area contributed by atoms with Crippen LogP contribution >= 0.6 is 0 Å². The Morgan fingerprint density at radius 2 is 1.48 bits per heavy atom. The number of allylic oxidation sites excluding steroid dienone is 1. The summed E-state index contributed by atoms with van der Waals surface area (Å²) in [4.78, 5) is 0. The Hall–Kier alpha value is -0.800. The van der Waals surface area contributed by atoms with Gasteiger partial charge in [-0.1, -0.05) is 32.8 Å². The third-order valence-electron chi connectivity index (χ3n) is 8.27. The zero-order valence-electron chi connectivity index (χ0n) is 19.9. The zero-order chi connectivity index (χ0) is 25.5. The van der Waals surface area contributed by atoms with Gasteiger partial charge in [0.15, 0.2) is 0 Å². The summed E-state index contributed by atoms with van der Waals surface area (Å²) in [5.74, 6) is 0.0393. The second kappa shape index (κ2) is 9.34. The van der Waals surface area contributed by atoms with Crippen molar-refractivity contribution in [3.8, 4) is 0 Å². The van der Waals surface area contributed by atoms with Crippen LogP contribution in [0.4, 0.5) is 26.3 Å². The molecule has 2 rings (SSSR count). The number of alkyl halides is 6. The molecule has 3 unspecified atom stereocenters. The number of hydrogen-bond acceptors (Lipinski definition) is 3. The largest absolute Gasteiger partial charge is 0.429 e. The second-order valence-corrected chi connectivity index (χ2v) is 11.4. The molecule has 2 fully saturated rings. The van der Waals surface area contributed by atoms with Crippen LogP contribution in [0.2, 0.25) is 0 Å². The maximum atomic E-state index is 13.1. The highest BCUT2D eigenvalue weighted by Gasteiger charge is 2.69. The van der Waals surface area contributed by atoms with Crippen molar-refractivity contribution in [2.24, 2.45) is 22.7 Å². The summed E-state index contributed by atoms with van der Waals surface area (Å²) >= 11 is 0. The van der Waals surface area contributed by atoms with Gasteiger partial charge < -0.3 is 15.3 Å². The van der Waals surface area contributed by atoms with E-state index in [1.807, 2.05) is 6.92 Å². The van der Waals surface area contributed by atoms with E-state index in [0.29, 0.717) is 25.7 Å². The molecule has 194 valence electrons. The van der Waals surface area contributed by atoms with Crippen molar-refractivity contribution >= 4 is 0 Å². The van der Waals surface area contributed by atoms with Crippen molar-refractivity contribution in [3.63, 3.8) is 0 Å². The number of fused-ring (bicyclic) bond motifs is 1. The summed E-state index contributed by atoms with van der Waals surface area (Å²) in [6.07, 6.45) is -6.29. The van der Waals surface area contributed by atoms with Gasteiger partial charge in [-0.2, -0.15) is 26.3 Å². The predicted molar refractivity (Wildman–Crippen MR) is 113 cm³/mol. The Bertz CT molecular complexity index is 682. The van der Waals surface area contributed by atoms with E-state index in [-0.39, 0.29) is 29.7 Å². The van der Waals surface area contributed by atoms with Gasteiger partial charge in [0.05, 0.1) is 11.7 Å². The Labute approximate surface area is 192 Å². The summed E-state index contributed by atoms with van der Waals surface area (Å²) in [7, 11) is 0. The van der Waals surface area contributed by atoms with E-state index in [4.69, 9.17) is 0 Å². The third kappa shape index (κ3) is 5.89. The lowest BCUT2D eigenvalue weighted by Crippen LogP contribution is -2.55. The lowest BCUT2D eigenvalue weighted by molar-refractivity contribution is -0.347. The van der Waals surface area contributed by atoms with Gasteiger partial charge in [-0.3, -0.25) is 0 Å². The van der Waals surface area contributed by atoms with Gasteiger partial charge in [0, 0.05) is 0 Å². The molecule has 2 aliphatic rings. The second-order valence-electron chi connectivity index (χ2n) is 11.4. The Morgan fingerprint density at radius 1 is 0.909 bits per heavy atom. The van der Waals surface area contributed by atoms with Gasteiger partial charge in [0.2, 0.25) is 0 Å². The van der Waals surface area contributed by atoms with Crippen molar-refractivity contribution in [3.05, 3.63) is 12.2 Å². The highest BCUT2D eigenvalue weighted by molar-refractivity contribution is 5.13. The molecule has 0 aromatic rings. The summed E-state index contributed by atoms with van der Waals surface area (Å²) in [5.41, 5.74) is -6.76. The Morgan fingerprint density at radius 3 is 2.00 bits per heavy atom. The minimum atomic E-state index is -5.89. The maximum absolute atomic E-state index is 13.1. The first-order valence-corrected chi connectivity index (χ1v) is 11.7. The molecule has 0 amide bonds. The van der Waals surface area contributed by atoms with Crippen LogP contribution in [0.3, 0.4) is 0 Å². The van der Waals surface area contributed by atoms with Gasteiger partial charge in [0.25, 0.3) is 5.60 Å². The monoisotopic (exact) mass is 488 g/mol. The molecule has 0 aromatic carbocycles. The summed E-state index contributed by atoms with van der Waals surface area (Å²) in [5, 5.41) is 30.1.